The lowest BCUT2D eigenvalue weighted by molar-refractivity contribution is -0.141. The molecule has 2 N–H and O–H groups in total. The summed E-state index contributed by atoms with van der Waals surface area (Å²) in [4.78, 5) is 4.10. The molecule has 0 saturated heterocycles. The Bertz CT molecular complexity index is 625. The minimum atomic E-state index is -4.50. The van der Waals surface area contributed by atoms with Crippen molar-refractivity contribution in [1.29, 1.82) is 0 Å². The van der Waals surface area contributed by atoms with Crippen LogP contribution in [0.3, 0.4) is 0 Å². The Hall–Kier alpha value is -1.83. The van der Waals surface area contributed by atoms with E-state index >= 15 is 0 Å². The number of aromatic nitrogens is 3. The highest BCUT2D eigenvalue weighted by Gasteiger charge is 2.34. The van der Waals surface area contributed by atoms with Crippen molar-refractivity contribution in [2.45, 2.75) is 38.4 Å². The van der Waals surface area contributed by atoms with E-state index in [1.807, 2.05) is 13.8 Å². The molecule has 5 nitrogen and oxygen atoms in total. The fourth-order valence-electron chi connectivity index (χ4n) is 2.02. The third kappa shape index (κ3) is 3.26. The van der Waals surface area contributed by atoms with E-state index in [1.54, 1.807) is 0 Å². The topological polar surface area (TPSA) is 62.5 Å². The zero-order valence-electron chi connectivity index (χ0n) is 11.8. The van der Waals surface area contributed by atoms with Crippen LogP contribution in [0.1, 0.15) is 32.4 Å². The first-order valence-electron chi connectivity index (χ1n) is 6.60. The van der Waals surface area contributed by atoms with Crippen LogP contribution < -0.4 is 5.32 Å². The number of nitrogens with zero attached hydrogens (tertiary/aromatic N) is 3. The minimum Gasteiger partial charge on any atom is -0.396 e. The molecule has 0 fully saturated rings. The van der Waals surface area contributed by atoms with Crippen LogP contribution in [0.15, 0.2) is 18.5 Å². The number of halogens is 3. The number of hydrogen-bond acceptors (Lipinski definition) is 4. The summed E-state index contributed by atoms with van der Waals surface area (Å²) in [5, 5.41) is 15.7. The summed E-state index contributed by atoms with van der Waals surface area (Å²) >= 11 is 0. The van der Waals surface area contributed by atoms with Crippen molar-refractivity contribution in [3.05, 3.63) is 24.2 Å². The van der Waals surface area contributed by atoms with Gasteiger partial charge < -0.3 is 10.4 Å². The van der Waals surface area contributed by atoms with Crippen LogP contribution in [0.4, 0.5) is 19.0 Å². The Labute approximate surface area is 119 Å². The number of alkyl halides is 3. The maximum absolute atomic E-state index is 12.7. The molecule has 21 heavy (non-hydrogen) atoms. The van der Waals surface area contributed by atoms with Gasteiger partial charge in [-0.3, -0.25) is 0 Å². The molecule has 0 aliphatic heterocycles. The molecular weight excluding hydrogens is 285 g/mol. The van der Waals surface area contributed by atoms with Crippen molar-refractivity contribution in [2.75, 3.05) is 11.9 Å². The van der Waals surface area contributed by atoms with Gasteiger partial charge in [-0.1, -0.05) is 6.92 Å². The molecule has 2 rings (SSSR count). The normalized spacial score (nSPS) is 15.1. The Kier molecular flexibility index (Phi) is 4.08. The van der Waals surface area contributed by atoms with Crippen molar-refractivity contribution in [1.82, 2.24) is 14.6 Å². The van der Waals surface area contributed by atoms with Crippen LogP contribution in [0.2, 0.25) is 0 Å². The largest absolute Gasteiger partial charge is 0.435 e. The molecule has 0 amide bonds. The summed E-state index contributed by atoms with van der Waals surface area (Å²) in [6.45, 7) is 3.79. The number of fused-ring (bicyclic) bond motifs is 1. The quantitative estimate of drug-likeness (QED) is 0.891. The van der Waals surface area contributed by atoms with Gasteiger partial charge in [0.05, 0.1) is 0 Å². The first-order chi connectivity index (χ1) is 9.79. The standard InChI is InChI=1S/C13H17F3N4O/c1-3-12(2,4-7-21)18-11-9-8-10(13(14,15)16)19-20(9)6-5-17-11/h5-6,8,21H,3-4,7H2,1-2H3,(H,17,18). The maximum atomic E-state index is 12.7. The van der Waals surface area contributed by atoms with Gasteiger partial charge >= 0.3 is 6.18 Å². The Morgan fingerprint density at radius 2 is 2.10 bits per heavy atom. The van der Waals surface area contributed by atoms with Gasteiger partial charge in [0.25, 0.3) is 0 Å². The fourth-order valence-corrected chi connectivity index (χ4v) is 2.02. The Balaban J connectivity index is 2.43. The number of aliphatic hydroxyl groups excluding tert-OH is 1. The highest BCUT2D eigenvalue weighted by Crippen LogP contribution is 2.31. The average molecular weight is 302 g/mol. The first kappa shape index (κ1) is 15.6. The number of anilines is 1. The van der Waals surface area contributed by atoms with Crippen LogP contribution in [-0.4, -0.2) is 31.9 Å². The smallest absolute Gasteiger partial charge is 0.396 e. The third-order valence-electron chi connectivity index (χ3n) is 3.54. The molecule has 0 radical (unpaired) electrons. The van der Waals surface area contributed by atoms with E-state index in [-0.39, 0.29) is 12.1 Å². The van der Waals surface area contributed by atoms with E-state index in [2.05, 4.69) is 15.4 Å². The molecule has 1 atom stereocenters. The molecule has 0 aliphatic carbocycles. The van der Waals surface area contributed by atoms with Crippen molar-refractivity contribution in [2.24, 2.45) is 0 Å². The zero-order valence-corrected chi connectivity index (χ0v) is 11.8. The lowest BCUT2D eigenvalue weighted by atomic mass is 9.95. The van der Waals surface area contributed by atoms with Gasteiger partial charge in [-0.25, -0.2) is 9.50 Å². The zero-order chi connectivity index (χ0) is 15.7. The molecule has 0 aromatic carbocycles. The van der Waals surface area contributed by atoms with Gasteiger partial charge in [0.1, 0.15) is 5.52 Å². The van der Waals surface area contributed by atoms with E-state index in [4.69, 9.17) is 5.11 Å². The summed E-state index contributed by atoms with van der Waals surface area (Å²) in [6.07, 6.45) is -0.589. The average Bonchev–Trinajstić information content (AvgIpc) is 2.84. The molecule has 1 unspecified atom stereocenters. The van der Waals surface area contributed by atoms with Crippen molar-refractivity contribution < 1.29 is 18.3 Å². The second-order valence-corrected chi connectivity index (χ2v) is 5.15. The SMILES string of the molecule is CCC(C)(CCO)Nc1nccn2nc(C(F)(F)F)cc12. The van der Waals surface area contributed by atoms with Crippen molar-refractivity contribution >= 4 is 11.3 Å². The molecule has 2 aromatic rings. The van der Waals surface area contributed by atoms with Gasteiger partial charge in [-0.15, -0.1) is 0 Å². The monoisotopic (exact) mass is 302 g/mol. The molecule has 8 heteroatoms. The van der Waals surface area contributed by atoms with Crippen LogP contribution in [-0.2, 0) is 6.18 Å². The van der Waals surface area contributed by atoms with E-state index < -0.39 is 17.4 Å². The highest BCUT2D eigenvalue weighted by molar-refractivity contribution is 5.68. The fraction of sp³-hybridized carbons (Fsp3) is 0.538. The lowest BCUT2D eigenvalue weighted by Crippen LogP contribution is -2.35. The predicted octanol–water partition coefficient (Wildman–Crippen LogP) is 2.71. The van der Waals surface area contributed by atoms with Crippen LogP contribution in [0, 0.1) is 0 Å². The summed E-state index contributed by atoms with van der Waals surface area (Å²) < 4.78 is 39.3. The van der Waals surface area contributed by atoms with E-state index in [9.17, 15) is 13.2 Å². The molecular formula is C13H17F3N4O. The van der Waals surface area contributed by atoms with Crippen LogP contribution in [0.5, 0.6) is 0 Å². The third-order valence-corrected chi connectivity index (χ3v) is 3.54. The number of hydrogen-bond donors (Lipinski definition) is 2. The molecule has 2 heterocycles. The van der Waals surface area contributed by atoms with Gasteiger partial charge in [0.2, 0.25) is 0 Å². The summed E-state index contributed by atoms with van der Waals surface area (Å²) in [7, 11) is 0. The Morgan fingerprint density at radius 3 is 2.67 bits per heavy atom. The first-order valence-corrected chi connectivity index (χ1v) is 6.60. The molecule has 0 saturated carbocycles. The summed E-state index contributed by atoms with van der Waals surface area (Å²) in [6, 6.07) is 0.963. The maximum Gasteiger partial charge on any atom is 0.435 e. The van der Waals surface area contributed by atoms with E-state index in [0.29, 0.717) is 18.7 Å². The second-order valence-electron chi connectivity index (χ2n) is 5.15. The van der Waals surface area contributed by atoms with Gasteiger partial charge in [0.15, 0.2) is 11.5 Å². The summed E-state index contributed by atoms with van der Waals surface area (Å²) in [5.41, 5.74) is -1.16. The van der Waals surface area contributed by atoms with E-state index in [1.165, 1.54) is 12.4 Å². The summed E-state index contributed by atoms with van der Waals surface area (Å²) in [5.74, 6) is 0.318. The number of aliphatic hydroxyl groups is 1. The highest BCUT2D eigenvalue weighted by atomic mass is 19.4. The molecule has 116 valence electrons. The Morgan fingerprint density at radius 1 is 1.38 bits per heavy atom. The van der Waals surface area contributed by atoms with Crippen LogP contribution in [0.25, 0.3) is 5.52 Å². The number of nitrogens with one attached hydrogen (secondary N) is 1. The molecule has 0 aliphatic rings. The predicted molar refractivity (Wildman–Crippen MR) is 72.0 cm³/mol. The number of rotatable bonds is 5. The molecule has 0 spiro atoms. The molecule has 0 bridgehead atoms. The van der Waals surface area contributed by atoms with Crippen molar-refractivity contribution in [3.63, 3.8) is 0 Å². The van der Waals surface area contributed by atoms with Gasteiger partial charge in [-0.05, 0) is 19.8 Å². The van der Waals surface area contributed by atoms with E-state index in [0.717, 1.165) is 10.6 Å². The van der Waals surface area contributed by atoms with Crippen LogP contribution >= 0.6 is 0 Å². The molecule has 2 aromatic heterocycles. The van der Waals surface area contributed by atoms with Gasteiger partial charge in [-0.2, -0.15) is 18.3 Å². The second kappa shape index (κ2) is 5.51. The van der Waals surface area contributed by atoms with Gasteiger partial charge in [0, 0.05) is 30.6 Å². The minimum absolute atomic E-state index is 0.0203. The lowest BCUT2D eigenvalue weighted by Gasteiger charge is -2.29. The van der Waals surface area contributed by atoms with Crippen molar-refractivity contribution in [3.8, 4) is 0 Å².